The molecule has 0 heterocycles. The van der Waals surface area contributed by atoms with Crippen LogP contribution in [-0.4, -0.2) is 27.6 Å². The van der Waals surface area contributed by atoms with E-state index in [4.69, 9.17) is 18.9 Å². The van der Waals surface area contributed by atoms with E-state index in [1.807, 2.05) is 30.3 Å². The summed E-state index contributed by atoms with van der Waals surface area (Å²) in [6.07, 6.45) is 3.22. The first-order valence-electron chi connectivity index (χ1n) is 18.4. The van der Waals surface area contributed by atoms with E-state index < -0.39 is 7.26 Å². The van der Waals surface area contributed by atoms with Crippen molar-refractivity contribution in [3.05, 3.63) is 191 Å². The molecule has 0 saturated heterocycles. The van der Waals surface area contributed by atoms with Crippen LogP contribution in [0.2, 0.25) is 0 Å². The highest BCUT2D eigenvalue weighted by atomic mass is 79.9. The van der Waals surface area contributed by atoms with Crippen LogP contribution in [-0.2, 0) is 19.0 Å². The Kier molecular flexibility index (Phi) is 14.0. The van der Waals surface area contributed by atoms with Crippen molar-refractivity contribution in [2.75, 3.05) is 21.3 Å². The maximum atomic E-state index is 12.0. The summed E-state index contributed by atoms with van der Waals surface area (Å²) < 4.78 is 24.3. The highest BCUT2D eigenvalue weighted by Crippen LogP contribution is 2.58. The number of methoxy groups -OCH3 is 3. The minimum atomic E-state index is -2.03. The molecular formula is C49H43Br2O5P. The SMILES string of the molecule is COc1ccc(-c2cc(Br)c(CCc3ccc(OC)c(Oc4ccc(C[P+](c5ccccc5)(c5ccccc5)c5ccccc5)cc4)c3)cc2OC)c(C=O)c1.[Br-]. The summed E-state index contributed by atoms with van der Waals surface area (Å²) in [4.78, 5) is 12.0. The van der Waals surface area contributed by atoms with Crippen molar-refractivity contribution in [1.29, 1.82) is 0 Å². The molecule has 7 aromatic carbocycles. The Morgan fingerprint density at radius 3 is 1.63 bits per heavy atom. The molecule has 0 aliphatic heterocycles. The van der Waals surface area contributed by atoms with Gasteiger partial charge in [0.25, 0.3) is 0 Å². The maximum absolute atomic E-state index is 12.0. The van der Waals surface area contributed by atoms with Gasteiger partial charge in [-0.15, -0.1) is 0 Å². The lowest BCUT2D eigenvalue weighted by atomic mass is 9.96. The molecule has 5 nitrogen and oxygen atoms in total. The number of halogens is 2. The van der Waals surface area contributed by atoms with E-state index in [1.165, 1.54) is 21.5 Å². The predicted octanol–water partition coefficient (Wildman–Crippen LogP) is 8.03. The first-order valence-corrected chi connectivity index (χ1v) is 21.2. The fourth-order valence-corrected chi connectivity index (χ4v) is 12.0. The number of aryl methyl sites for hydroxylation is 2. The van der Waals surface area contributed by atoms with Crippen molar-refractivity contribution in [2.45, 2.75) is 19.0 Å². The van der Waals surface area contributed by atoms with Gasteiger partial charge in [-0.1, -0.05) is 88.7 Å². The van der Waals surface area contributed by atoms with Crippen LogP contribution >= 0.6 is 23.2 Å². The number of aldehydes is 1. The second-order valence-corrected chi connectivity index (χ2v) is 17.8. The number of carbonyl (C=O) groups excluding carboxylic acids is 1. The molecule has 0 aliphatic rings. The van der Waals surface area contributed by atoms with Crippen molar-refractivity contribution < 1.29 is 40.7 Å². The van der Waals surface area contributed by atoms with E-state index in [-0.39, 0.29) is 17.0 Å². The Labute approximate surface area is 354 Å². The van der Waals surface area contributed by atoms with E-state index in [2.05, 4.69) is 143 Å². The second kappa shape index (κ2) is 19.3. The zero-order valence-electron chi connectivity index (χ0n) is 32.0. The predicted molar refractivity (Wildman–Crippen MR) is 234 cm³/mol. The number of carbonyl (C=O) groups is 1. The van der Waals surface area contributed by atoms with Crippen LogP contribution in [0.15, 0.2) is 168 Å². The third-order valence-corrected chi connectivity index (χ3v) is 15.2. The monoisotopic (exact) mass is 900 g/mol. The standard InChI is InChI=1S/C49H43BrO5P.BrH/c1-52-40-26-27-44(38(30-40)33-51)45-32-46(50)37(31-48(45)54-3)23-19-35-22-28-47(53-2)49(29-35)55-39-24-20-36(21-25-39)34-56(41-13-7-4-8-14-41,42-15-9-5-10-16-42)43-17-11-6-12-18-43;/h4-18,20-22,24-33H,19,23,34H2,1-3H3;1H/q+1;/p-1. The number of ether oxygens (including phenoxy) is 4. The molecule has 288 valence electrons. The van der Waals surface area contributed by atoms with Crippen LogP contribution in [0.5, 0.6) is 28.7 Å². The first kappa shape index (κ1) is 41.4. The van der Waals surface area contributed by atoms with Gasteiger partial charge in [-0.05, 0) is 126 Å². The average molecular weight is 903 g/mol. The molecule has 0 N–H and O–H groups in total. The summed E-state index contributed by atoms with van der Waals surface area (Å²) in [5.41, 5.74) is 5.56. The minimum Gasteiger partial charge on any atom is -1.00 e. The Bertz CT molecular complexity index is 2310. The van der Waals surface area contributed by atoms with E-state index in [1.54, 1.807) is 27.4 Å². The van der Waals surface area contributed by atoms with Gasteiger partial charge < -0.3 is 35.9 Å². The minimum absolute atomic E-state index is 0. The van der Waals surface area contributed by atoms with Gasteiger partial charge in [-0.25, -0.2) is 0 Å². The quantitative estimate of drug-likeness (QED) is 0.0772. The van der Waals surface area contributed by atoms with E-state index in [9.17, 15) is 4.79 Å². The molecule has 0 unspecified atom stereocenters. The molecule has 57 heavy (non-hydrogen) atoms. The van der Waals surface area contributed by atoms with E-state index in [0.29, 0.717) is 28.6 Å². The molecule has 0 aliphatic carbocycles. The van der Waals surface area contributed by atoms with Crippen LogP contribution in [0.3, 0.4) is 0 Å². The summed E-state index contributed by atoms with van der Waals surface area (Å²) in [5, 5.41) is 4.06. The highest BCUT2D eigenvalue weighted by molar-refractivity contribution is 9.10. The third kappa shape index (κ3) is 9.18. The van der Waals surface area contributed by atoms with Crippen LogP contribution < -0.4 is 51.8 Å². The van der Waals surface area contributed by atoms with E-state index in [0.717, 1.165) is 57.8 Å². The molecule has 8 heteroatoms. The highest BCUT2D eigenvalue weighted by Gasteiger charge is 2.45. The number of hydrogen-bond acceptors (Lipinski definition) is 5. The van der Waals surface area contributed by atoms with Crippen LogP contribution in [0.25, 0.3) is 11.1 Å². The summed E-state index contributed by atoms with van der Waals surface area (Å²) in [5.74, 6) is 3.38. The smallest absolute Gasteiger partial charge is 0.169 e. The first-order chi connectivity index (χ1) is 27.4. The van der Waals surface area contributed by atoms with Gasteiger partial charge in [0.1, 0.15) is 40.4 Å². The molecule has 0 atom stereocenters. The molecule has 0 spiro atoms. The molecule has 0 bridgehead atoms. The third-order valence-electron chi connectivity index (χ3n) is 10.1. The molecule has 7 rings (SSSR count). The largest absolute Gasteiger partial charge is 1.00 e. The van der Waals surface area contributed by atoms with Crippen LogP contribution in [0.1, 0.15) is 27.0 Å². The average Bonchev–Trinajstić information content (AvgIpc) is 3.26. The van der Waals surface area contributed by atoms with Gasteiger partial charge in [-0.2, -0.15) is 0 Å². The van der Waals surface area contributed by atoms with Gasteiger partial charge in [-0.3, -0.25) is 4.79 Å². The normalized spacial score (nSPS) is 10.9. The van der Waals surface area contributed by atoms with Gasteiger partial charge in [0.05, 0.1) is 27.5 Å². The maximum Gasteiger partial charge on any atom is 0.169 e. The van der Waals surface area contributed by atoms with Crippen LogP contribution in [0, 0.1) is 0 Å². The Hall–Kier alpha value is -5.20. The molecule has 0 aromatic heterocycles. The van der Waals surface area contributed by atoms with Gasteiger partial charge >= 0.3 is 0 Å². The lowest BCUT2D eigenvalue weighted by Gasteiger charge is -2.28. The molecule has 0 saturated carbocycles. The molecular weight excluding hydrogens is 859 g/mol. The number of benzene rings is 7. The fraction of sp³-hybridized carbons (Fsp3) is 0.122. The zero-order chi connectivity index (χ0) is 38.9. The summed E-state index contributed by atoms with van der Waals surface area (Å²) in [6, 6.07) is 56.9. The topological polar surface area (TPSA) is 54.0 Å². The number of rotatable bonds is 15. The van der Waals surface area contributed by atoms with E-state index >= 15 is 0 Å². The fourth-order valence-electron chi connectivity index (χ4n) is 7.24. The zero-order valence-corrected chi connectivity index (χ0v) is 36.1. The molecule has 7 aromatic rings. The molecule has 0 amide bonds. The molecule has 0 radical (unpaired) electrons. The summed E-state index contributed by atoms with van der Waals surface area (Å²) in [7, 11) is 2.86. The van der Waals surface area contributed by atoms with Crippen molar-refractivity contribution >= 4 is 45.4 Å². The second-order valence-electron chi connectivity index (χ2n) is 13.4. The number of hydrogen-bond donors (Lipinski definition) is 0. The van der Waals surface area contributed by atoms with Crippen molar-refractivity contribution in [3.63, 3.8) is 0 Å². The van der Waals surface area contributed by atoms with Crippen molar-refractivity contribution in [3.8, 4) is 39.9 Å². The lowest BCUT2D eigenvalue weighted by molar-refractivity contribution is -0.0000184. The lowest BCUT2D eigenvalue weighted by Crippen LogP contribution is -3.00. The van der Waals surface area contributed by atoms with Gasteiger partial charge in [0, 0.05) is 15.6 Å². The summed E-state index contributed by atoms with van der Waals surface area (Å²) >= 11 is 3.79. The van der Waals surface area contributed by atoms with Gasteiger partial charge in [0.15, 0.2) is 17.8 Å². The Morgan fingerprint density at radius 1 is 0.526 bits per heavy atom. The molecule has 0 fully saturated rings. The van der Waals surface area contributed by atoms with Crippen LogP contribution in [0.4, 0.5) is 0 Å². The summed E-state index contributed by atoms with van der Waals surface area (Å²) in [6.45, 7) is 0. The van der Waals surface area contributed by atoms with Crippen molar-refractivity contribution in [1.82, 2.24) is 0 Å². The van der Waals surface area contributed by atoms with Gasteiger partial charge in [0.2, 0.25) is 0 Å². The van der Waals surface area contributed by atoms with Crippen molar-refractivity contribution in [2.24, 2.45) is 0 Å². The Morgan fingerprint density at radius 2 is 1.09 bits per heavy atom. The Balaban J connectivity index is 0.00000549.